The lowest BCUT2D eigenvalue weighted by atomic mass is 10.2. The molecule has 2 rings (SSSR count). The van der Waals surface area contributed by atoms with Crippen molar-refractivity contribution in [1.29, 1.82) is 0 Å². The van der Waals surface area contributed by atoms with Crippen LogP contribution in [0.4, 0.5) is 10.1 Å². The summed E-state index contributed by atoms with van der Waals surface area (Å²) in [7, 11) is -4.01. The Morgan fingerprint density at radius 3 is 2.42 bits per heavy atom. The van der Waals surface area contributed by atoms with Crippen LogP contribution in [0.5, 0.6) is 0 Å². The van der Waals surface area contributed by atoms with Gasteiger partial charge in [0.2, 0.25) is 15.8 Å². The number of benzene rings is 1. The molecule has 0 aliphatic carbocycles. The number of halogens is 1. The van der Waals surface area contributed by atoms with Gasteiger partial charge in [-0.1, -0.05) is 12.5 Å². The minimum Gasteiger partial charge on any atom is -0.258 e. The second-order valence-electron chi connectivity index (χ2n) is 4.31. The smallest absolute Gasteiger partial charge is 0.258 e. The second-order valence-corrected chi connectivity index (χ2v) is 6.21. The van der Waals surface area contributed by atoms with Gasteiger partial charge in [0.15, 0.2) is 4.90 Å². The van der Waals surface area contributed by atoms with Crippen molar-refractivity contribution in [2.45, 2.75) is 24.2 Å². The summed E-state index contributed by atoms with van der Waals surface area (Å²) in [5, 5.41) is 10.9. The Hall–Kier alpha value is -1.54. The number of sulfonamides is 1. The zero-order valence-electron chi connectivity index (χ0n) is 10.1. The number of hydrogen-bond acceptors (Lipinski definition) is 4. The van der Waals surface area contributed by atoms with E-state index >= 15 is 0 Å². The van der Waals surface area contributed by atoms with Gasteiger partial charge in [-0.2, -0.15) is 8.70 Å². The van der Waals surface area contributed by atoms with Gasteiger partial charge in [0, 0.05) is 13.1 Å². The zero-order valence-corrected chi connectivity index (χ0v) is 10.9. The number of rotatable bonds is 3. The van der Waals surface area contributed by atoms with Crippen LogP contribution in [0, 0.1) is 15.9 Å². The van der Waals surface area contributed by atoms with E-state index in [1.807, 2.05) is 0 Å². The van der Waals surface area contributed by atoms with E-state index in [2.05, 4.69) is 0 Å². The fraction of sp³-hybridized carbons (Fsp3) is 0.455. The van der Waals surface area contributed by atoms with E-state index in [9.17, 15) is 22.9 Å². The van der Waals surface area contributed by atoms with Gasteiger partial charge < -0.3 is 0 Å². The first-order valence-corrected chi connectivity index (χ1v) is 7.31. The molecular formula is C11H13FN2O4S. The van der Waals surface area contributed by atoms with Crippen molar-refractivity contribution in [3.63, 3.8) is 0 Å². The van der Waals surface area contributed by atoms with E-state index < -0.39 is 31.3 Å². The van der Waals surface area contributed by atoms with Gasteiger partial charge >= 0.3 is 5.69 Å². The molecule has 6 nitrogen and oxygen atoms in total. The van der Waals surface area contributed by atoms with Gasteiger partial charge in [-0.3, -0.25) is 10.1 Å². The Balaban J connectivity index is 2.51. The van der Waals surface area contributed by atoms with Crippen LogP contribution in [-0.2, 0) is 10.0 Å². The monoisotopic (exact) mass is 288 g/mol. The quantitative estimate of drug-likeness (QED) is 0.628. The molecule has 1 aromatic carbocycles. The van der Waals surface area contributed by atoms with Crippen LogP contribution in [0.15, 0.2) is 23.1 Å². The molecule has 1 heterocycles. The number of nitro benzene ring substituents is 1. The zero-order chi connectivity index (χ0) is 14.0. The van der Waals surface area contributed by atoms with E-state index in [1.165, 1.54) is 10.4 Å². The molecule has 0 bridgehead atoms. The summed E-state index contributed by atoms with van der Waals surface area (Å²) >= 11 is 0. The standard InChI is InChI=1S/C11H13FN2O4S/c12-9-5-4-6-10(11(9)14(15)16)19(17,18)13-7-2-1-3-8-13/h4-6H,1-3,7-8H2. The van der Waals surface area contributed by atoms with Crippen LogP contribution < -0.4 is 0 Å². The maximum Gasteiger partial charge on any atom is 0.324 e. The van der Waals surface area contributed by atoms with Crippen molar-refractivity contribution in [2.75, 3.05) is 13.1 Å². The van der Waals surface area contributed by atoms with E-state index in [0.29, 0.717) is 25.9 Å². The second kappa shape index (κ2) is 5.22. The average Bonchev–Trinajstić information content (AvgIpc) is 2.39. The Labute approximate surface area is 110 Å². The van der Waals surface area contributed by atoms with Crippen LogP contribution in [0.2, 0.25) is 0 Å². The van der Waals surface area contributed by atoms with Crippen LogP contribution in [0.1, 0.15) is 19.3 Å². The normalized spacial score (nSPS) is 17.3. The summed E-state index contributed by atoms with van der Waals surface area (Å²) in [5.74, 6) is -1.14. The lowest BCUT2D eigenvalue weighted by Gasteiger charge is -2.25. The summed E-state index contributed by atoms with van der Waals surface area (Å²) in [6.45, 7) is 0.631. The fourth-order valence-corrected chi connectivity index (χ4v) is 3.81. The van der Waals surface area contributed by atoms with Crippen LogP contribution in [0.3, 0.4) is 0 Å². The third-order valence-corrected chi connectivity index (χ3v) is 5.00. The highest BCUT2D eigenvalue weighted by atomic mass is 32.2. The fourth-order valence-electron chi connectivity index (χ4n) is 2.13. The number of hydrogen-bond donors (Lipinski definition) is 0. The molecule has 0 amide bonds. The molecule has 0 spiro atoms. The highest BCUT2D eigenvalue weighted by Crippen LogP contribution is 2.30. The lowest BCUT2D eigenvalue weighted by Crippen LogP contribution is -2.36. The van der Waals surface area contributed by atoms with Crippen molar-refractivity contribution < 1.29 is 17.7 Å². The maximum atomic E-state index is 13.5. The molecule has 0 N–H and O–H groups in total. The molecule has 8 heteroatoms. The van der Waals surface area contributed by atoms with E-state index in [0.717, 1.165) is 18.6 Å². The van der Waals surface area contributed by atoms with Crippen LogP contribution in [0.25, 0.3) is 0 Å². The lowest BCUT2D eigenvalue weighted by molar-refractivity contribution is -0.390. The van der Waals surface area contributed by atoms with Crippen molar-refractivity contribution >= 4 is 15.7 Å². The Morgan fingerprint density at radius 1 is 1.21 bits per heavy atom. The van der Waals surface area contributed by atoms with Crippen molar-refractivity contribution in [1.82, 2.24) is 4.31 Å². The van der Waals surface area contributed by atoms with Crippen LogP contribution >= 0.6 is 0 Å². The molecule has 1 fully saturated rings. The number of nitrogens with zero attached hydrogens (tertiary/aromatic N) is 2. The first kappa shape index (κ1) is 13.9. The predicted octanol–water partition coefficient (Wildman–Crippen LogP) is 1.91. The summed E-state index contributed by atoms with van der Waals surface area (Å²) in [6, 6.07) is 3.12. The summed E-state index contributed by atoms with van der Waals surface area (Å²) < 4.78 is 39.3. The SMILES string of the molecule is O=[N+]([O-])c1c(F)cccc1S(=O)(=O)N1CCCCC1. The Kier molecular flexibility index (Phi) is 3.81. The van der Waals surface area contributed by atoms with E-state index in [-0.39, 0.29) is 0 Å². The first-order chi connectivity index (χ1) is 8.94. The molecule has 0 radical (unpaired) electrons. The van der Waals surface area contributed by atoms with Gasteiger partial charge in [-0.05, 0) is 25.0 Å². The molecule has 104 valence electrons. The van der Waals surface area contributed by atoms with Crippen molar-refractivity contribution in [3.8, 4) is 0 Å². The van der Waals surface area contributed by atoms with Gasteiger partial charge in [0.05, 0.1) is 4.92 Å². The third kappa shape index (κ3) is 2.59. The van der Waals surface area contributed by atoms with Crippen molar-refractivity contribution in [2.24, 2.45) is 0 Å². The number of nitro groups is 1. The molecule has 0 aromatic heterocycles. The van der Waals surface area contributed by atoms with Gasteiger partial charge in [-0.25, -0.2) is 8.42 Å². The molecule has 1 aliphatic heterocycles. The molecule has 1 aromatic rings. The van der Waals surface area contributed by atoms with Gasteiger partial charge in [0.25, 0.3) is 0 Å². The third-order valence-electron chi connectivity index (χ3n) is 3.07. The average molecular weight is 288 g/mol. The summed E-state index contributed by atoms with van der Waals surface area (Å²) in [5.41, 5.74) is -0.979. The first-order valence-electron chi connectivity index (χ1n) is 5.87. The van der Waals surface area contributed by atoms with Gasteiger partial charge in [-0.15, -0.1) is 0 Å². The maximum absolute atomic E-state index is 13.5. The molecule has 0 atom stereocenters. The summed E-state index contributed by atoms with van der Waals surface area (Å²) in [4.78, 5) is 9.29. The summed E-state index contributed by atoms with van der Waals surface area (Å²) in [6.07, 6.45) is 2.35. The largest absolute Gasteiger partial charge is 0.324 e. The topological polar surface area (TPSA) is 80.5 Å². The predicted molar refractivity (Wildman–Crippen MR) is 65.7 cm³/mol. The highest BCUT2D eigenvalue weighted by Gasteiger charge is 2.34. The molecule has 1 aliphatic rings. The molecule has 1 saturated heterocycles. The molecule has 0 saturated carbocycles. The van der Waals surface area contributed by atoms with E-state index in [1.54, 1.807) is 0 Å². The Bertz CT molecular complexity index is 597. The Morgan fingerprint density at radius 2 is 1.84 bits per heavy atom. The van der Waals surface area contributed by atoms with Crippen LogP contribution in [-0.4, -0.2) is 30.7 Å². The van der Waals surface area contributed by atoms with E-state index in [4.69, 9.17) is 0 Å². The van der Waals surface area contributed by atoms with Crippen molar-refractivity contribution in [3.05, 3.63) is 34.1 Å². The molecule has 19 heavy (non-hydrogen) atoms. The number of para-hydroxylation sites is 1. The molecule has 0 unspecified atom stereocenters. The highest BCUT2D eigenvalue weighted by molar-refractivity contribution is 7.89. The number of piperidine rings is 1. The minimum absolute atomic E-state index is 0.315. The van der Waals surface area contributed by atoms with Gasteiger partial charge in [0.1, 0.15) is 0 Å². The minimum atomic E-state index is -4.01. The molecular weight excluding hydrogens is 275 g/mol.